The summed E-state index contributed by atoms with van der Waals surface area (Å²) in [6.07, 6.45) is 4.76. The first kappa shape index (κ1) is 26.5. The van der Waals surface area contributed by atoms with Gasteiger partial charge in [-0.05, 0) is 122 Å². The lowest BCUT2D eigenvalue weighted by Gasteiger charge is -2.27. The van der Waals surface area contributed by atoms with Crippen molar-refractivity contribution in [2.45, 2.75) is 25.9 Å². The van der Waals surface area contributed by atoms with Gasteiger partial charge in [0.1, 0.15) is 18.9 Å². The van der Waals surface area contributed by atoms with Crippen LogP contribution >= 0.6 is 56.9 Å². The number of likely N-dealkylation sites (tertiary alicyclic amines) is 1. The Hall–Kier alpha value is -2.12. The first-order valence-corrected chi connectivity index (χ1v) is 15.0. The number of fused-ring (bicyclic) bond motifs is 1. The SMILES string of the molecule is O=C(CN1C(=O)S/C(=C\c2cc(I)c(OCc3ccc4ccccc4c3)c(I)c2)C1=O)N1CCCCC1. The molecule has 0 bridgehead atoms. The Morgan fingerprint density at radius 1 is 0.946 bits per heavy atom. The fraction of sp³-hybridized carbons (Fsp3) is 0.250. The molecule has 0 saturated carbocycles. The molecule has 0 atom stereocenters. The van der Waals surface area contributed by atoms with Gasteiger partial charge < -0.3 is 9.64 Å². The normalized spacial score (nSPS) is 17.2. The molecule has 0 spiro atoms. The summed E-state index contributed by atoms with van der Waals surface area (Å²) in [7, 11) is 0. The number of piperidine rings is 1. The highest BCUT2D eigenvalue weighted by Gasteiger charge is 2.37. The summed E-state index contributed by atoms with van der Waals surface area (Å²) < 4.78 is 8.00. The van der Waals surface area contributed by atoms with Crippen LogP contribution in [0.4, 0.5) is 4.79 Å². The van der Waals surface area contributed by atoms with Crippen LogP contribution in [0.3, 0.4) is 0 Å². The minimum absolute atomic E-state index is 0.166. The molecule has 2 aliphatic heterocycles. The summed E-state index contributed by atoms with van der Waals surface area (Å²) in [5, 5.41) is 1.97. The molecule has 3 aromatic rings. The summed E-state index contributed by atoms with van der Waals surface area (Å²) in [6.45, 7) is 1.63. The van der Waals surface area contributed by atoms with Gasteiger partial charge in [0, 0.05) is 13.1 Å². The number of amides is 3. The number of rotatable bonds is 6. The van der Waals surface area contributed by atoms with E-state index in [-0.39, 0.29) is 12.5 Å². The molecular formula is C28H24I2N2O4S. The predicted molar refractivity (Wildman–Crippen MR) is 163 cm³/mol. The largest absolute Gasteiger partial charge is 0.487 e. The van der Waals surface area contributed by atoms with Crippen LogP contribution in [-0.4, -0.2) is 46.5 Å². The van der Waals surface area contributed by atoms with Crippen LogP contribution in [0.5, 0.6) is 5.75 Å². The zero-order valence-corrected chi connectivity index (χ0v) is 25.0. The van der Waals surface area contributed by atoms with Crippen LogP contribution in [0.25, 0.3) is 16.8 Å². The third-order valence-corrected chi connectivity index (χ3v) is 8.90. The molecule has 0 N–H and O–H groups in total. The summed E-state index contributed by atoms with van der Waals surface area (Å²) in [5.41, 5.74) is 1.89. The summed E-state index contributed by atoms with van der Waals surface area (Å²) >= 11 is 5.34. The molecule has 0 aliphatic carbocycles. The van der Waals surface area contributed by atoms with E-state index in [4.69, 9.17) is 4.74 Å². The lowest BCUT2D eigenvalue weighted by Crippen LogP contribution is -2.44. The Morgan fingerprint density at radius 2 is 1.65 bits per heavy atom. The number of hydrogen-bond acceptors (Lipinski definition) is 5. The van der Waals surface area contributed by atoms with E-state index < -0.39 is 11.1 Å². The van der Waals surface area contributed by atoms with E-state index in [2.05, 4.69) is 75.5 Å². The fourth-order valence-electron chi connectivity index (χ4n) is 4.45. The van der Waals surface area contributed by atoms with Crippen LogP contribution in [0.2, 0.25) is 0 Å². The monoisotopic (exact) mass is 738 g/mol. The van der Waals surface area contributed by atoms with E-state index in [9.17, 15) is 14.4 Å². The van der Waals surface area contributed by atoms with Gasteiger partial charge in [-0.2, -0.15) is 0 Å². The first-order valence-electron chi connectivity index (χ1n) is 12.0. The van der Waals surface area contributed by atoms with Gasteiger partial charge >= 0.3 is 0 Å². The zero-order valence-electron chi connectivity index (χ0n) is 19.9. The first-order chi connectivity index (χ1) is 17.9. The summed E-state index contributed by atoms with van der Waals surface area (Å²) in [6, 6.07) is 18.4. The molecule has 37 heavy (non-hydrogen) atoms. The molecule has 2 heterocycles. The predicted octanol–water partition coefficient (Wildman–Crippen LogP) is 6.68. The standard InChI is InChI=1S/C28H24I2N2O4S/c29-22-13-19(14-23(30)26(22)36-17-18-8-9-20-6-2-3-7-21(20)12-18)15-24-27(34)32(28(35)37-24)16-25(33)31-10-4-1-5-11-31/h2-3,6-9,12-15H,1,4-5,10-11,16-17H2/b24-15-. The van der Waals surface area contributed by atoms with Gasteiger partial charge in [0.15, 0.2) is 0 Å². The molecule has 9 heteroatoms. The summed E-state index contributed by atoms with van der Waals surface area (Å²) in [4.78, 5) is 41.2. The van der Waals surface area contributed by atoms with Gasteiger partial charge in [0.25, 0.3) is 11.1 Å². The number of halogens is 2. The van der Waals surface area contributed by atoms with E-state index >= 15 is 0 Å². The van der Waals surface area contributed by atoms with Crippen molar-refractivity contribution in [2.75, 3.05) is 19.6 Å². The Bertz CT molecular complexity index is 1400. The molecule has 5 rings (SSSR count). The van der Waals surface area contributed by atoms with E-state index in [1.807, 2.05) is 24.3 Å². The van der Waals surface area contributed by atoms with Crippen molar-refractivity contribution in [3.63, 3.8) is 0 Å². The van der Waals surface area contributed by atoms with Crippen molar-refractivity contribution in [3.05, 3.63) is 77.8 Å². The van der Waals surface area contributed by atoms with E-state index in [1.54, 1.807) is 11.0 Å². The van der Waals surface area contributed by atoms with Crippen LogP contribution < -0.4 is 4.74 Å². The van der Waals surface area contributed by atoms with Crippen molar-refractivity contribution in [1.29, 1.82) is 0 Å². The number of thioether (sulfide) groups is 1. The van der Waals surface area contributed by atoms with Crippen molar-refractivity contribution in [3.8, 4) is 5.75 Å². The average Bonchev–Trinajstić information content (AvgIpc) is 3.15. The Morgan fingerprint density at radius 3 is 2.38 bits per heavy atom. The van der Waals surface area contributed by atoms with Gasteiger partial charge in [0.05, 0.1) is 12.0 Å². The van der Waals surface area contributed by atoms with Crippen LogP contribution in [-0.2, 0) is 16.2 Å². The molecule has 0 radical (unpaired) electrons. The molecular weight excluding hydrogens is 714 g/mol. The van der Waals surface area contributed by atoms with Crippen LogP contribution in [0, 0.1) is 7.14 Å². The van der Waals surface area contributed by atoms with E-state index in [0.29, 0.717) is 24.6 Å². The summed E-state index contributed by atoms with van der Waals surface area (Å²) in [5.74, 6) is 0.203. The maximum atomic E-state index is 12.9. The average molecular weight is 738 g/mol. The number of ether oxygens (including phenoxy) is 1. The quantitative estimate of drug-likeness (QED) is 0.209. The molecule has 3 amide bonds. The Kier molecular flexibility index (Phi) is 8.40. The van der Waals surface area contributed by atoms with Gasteiger partial charge in [-0.15, -0.1) is 0 Å². The minimum Gasteiger partial charge on any atom is -0.487 e. The number of benzene rings is 3. The smallest absolute Gasteiger partial charge is 0.294 e. The highest BCUT2D eigenvalue weighted by molar-refractivity contribution is 14.1. The van der Waals surface area contributed by atoms with Gasteiger partial charge in [0.2, 0.25) is 5.91 Å². The van der Waals surface area contributed by atoms with Crippen LogP contribution in [0.1, 0.15) is 30.4 Å². The molecule has 2 fully saturated rings. The number of carbonyl (C=O) groups is 3. The third kappa shape index (κ3) is 6.14. The molecule has 0 aromatic heterocycles. The lowest BCUT2D eigenvalue weighted by atomic mass is 10.1. The fourth-order valence-corrected chi connectivity index (χ4v) is 7.42. The molecule has 2 saturated heterocycles. The molecule has 3 aromatic carbocycles. The molecule has 0 unspecified atom stereocenters. The molecule has 190 valence electrons. The second-order valence-corrected chi connectivity index (χ2v) is 12.3. The second kappa shape index (κ2) is 11.7. The Balaban J connectivity index is 1.27. The van der Waals surface area contributed by atoms with Crippen molar-refractivity contribution in [1.82, 2.24) is 9.80 Å². The highest BCUT2D eigenvalue weighted by Crippen LogP contribution is 2.35. The Labute approximate surface area is 247 Å². The lowest BCUT2D eigenvalue weighted by molar-refractivity contribution is -0.136. The maximum Gasteiger partial charge on any atom is 0.294 e. The number of nitrogens with zero attached hydrogens (tertiary/aromatic N) is 2. The van der Waals surface area contributed by atoms with Gasteiger partial charge in [-0.25, -0.2) is 0 Å². The van der Waals surface area contributed by atoms with Gasteiger partial charge in [-0.3, -0.25) is 19.3 Å². The highest BCUT2D eigenvalue weighted by atomic mass is 127. The van der Waals surface area contributed by atoms with Crippen LogP contribution in [0.15, 0.2) is 59.5 Å². The third-order valence-electron chi connectivity index (χ3n) is 6.39. The van der Waals surface area contributed by atoms with Crippen molar-refractivity contribution in [2.24, 2.45) is 0 Å². The minimum atomic E-state index is -0.415. The van der Waals surface area contributed by atoms with Crippen molar-refractivity contribution < 1.29 is 19.1 Å². The second-order valence-electron chi connectivity index (χ2n) is 8.99. The van der Waals surface area contributed by atoms with Gasteiger partial charge in [-0.1, -0.05) is 36.4 Å². The number of carbonyl (C=O) groups excluding carboxylic acids is 3. The zero-order chi connectivity index (χ0) is 25.9. The number of imide groups is 1. The molecule has 2 aliphatic rings. The molecule has 6 nitrogen and oxygen atoms in total. The topological polar surface area (TPSA) is 66.9 Å². The number of hydrogen-bond donors (Lipinski definition) is 0. The van der Waals surface area contributed by atoms with Crippen molar-refractivity contribution >= 4 is 90.8 Å². The van der Waals surface area contributed by atoms with E-state index in [1.165, 1.54) is 10.8 Å². The van der Waals surface area contributed by atoms with E-state index in [0.717, 1.165) is 59.9 Å². The maximum absolute atomic E-state index is 12.9.